The van der Waals surface area contributed by atoms with Gasteiger partial charge in [0.25, 0.3) is 0 Å². The molecule has 1 heterocycles. The van der Waals surface area contributed by atoms with E-state index in [-0.39, 0.29) is 11.8 Å². The number of hydrogen-bond acceptors (Lipinski definition) is 3. The van der Waals surface area contributed by atoms with Crippen molar-refractivity contribution in [1.82, 2.24) is 0 Å². The van der Waals surface area contributed by atoms with E-state index in [1.807, 2.05) is 11.3 Å². The lowest BCUT2D eigenvalue weighted by molar-refractivity contribution is 0.735. The predicted octanol–water partition coefficient (Wildman–Crippen LogP) is 17.0. The molecule has 300 valence electrons. The van der Waals surface area contributed by atoms with Crippen LogP contribution in [0, 0.1) is 0 Å². The van der Waals surface area contributed by atoms with E-state index in [9.17, 15) is 0 Å². The van der Waals surface area contributed by atoms with Crippen LogP contribution < -0.4 is 9.80 Å². The average Bonchev–Trinajstić information content (AvgIpc) is 3.74. The molecule has 63 heavy (non-hydrogen) atoms. The molecule has 9 aromatic carbocycles. The monoisotopic (exact) mass is 824 g/mol. The van der Waals surface area contributed by atoms with Gasteiger partial charge in [-0.05, 0) is 112 Å². The fourth-order valence-corrected chi connectivity index (χ4v) is 10.4. The van der Waals surface area contributed by atoms with E-state index in [0.29, 0.717) is 0 Å². The summed E-state index contributed by atoms with van der Waals surface area (Å²) < 4.78 is 2.61. The normalized spacial score (nSPS) is 14.9. The zero-order valence-electron chi connectivity index (χ0n) is 34.7. The van der Waals surface area contributed by atoms with Crippen molar-refractivity contribution in [2.45, 2.75) is 11.8 Å². The molecule has 1 aliphatic carbocycles. The van der Waals surface area contributed by atoms with Crippen molar-refractivity contribution in [3.63, 3.8) is 0 Å². The van der Waals surface area contributed by atoms with Crippen LogP contribution in [0.1, 0.15) is 34.1 Å². The molecule has 2 nitrogen and oxygen atoms in total. The fourth-order valence-electron chi connectivity index (χ4n) is 9.26. The molecule has 2 atom stereocenters. The lowest BCUT2D eigenvalue weighted by Gasteiger charge is -2.32. The lowest BCUT2D eigenvalue weighted by atomic mass is 9.72. The Morgan fingerprint density at radius 1 is 0.286 bits per heavy atom. The minimum absolute atomic E-state index is 0.103. The van der Waals surface area contributed by atoms with Crippen molar-refractivity contribution in [2.24, 2.45) is 0 Å². The summed E-state index contributed by atoms with van der Waals surface area (Å²) in [5, 5.41) is 2.62. The Labute approximate surface area is 373 Å². The lowest BCUT2D eigenvalue weighted by Crippen LogP contribution is -2.14. The fraction of sp³-hybridized carbons (Fsp3) is 0.0333. The molecule has 0 fully saturated rings. The highest BCUT2D eigenvalue weighted by molar-refractivity contribution is 7.25. The van der Waals surface area contributed by atoms with Gasteiger partial charge in [0.15, 0.2) is 0 Å². The van der Waals surface area contributed by atoms with Crippen molar-refractivity contribution in [1.29, 1.82) is 0 Å². The van der Waals surface area contributed by atoms with Crippen LogP contribution in [0.15, 0.2) is 255 Å². The van der Waals surface area contributed by atoms with Crippen LogP contribution in [0.2, 0.25) is 0 Å². The number of hydrogen-bond donors (Lipinski definition) is 0. The molecule has 0 N–H and O–H groups in total. The highest BCUT2D eigenvalue weighted by Crippen LogP contribution is 2.49. The van der Waals surface area contributed by atoms with Crippen LogP contribution in [0.4, 0.5) is 34.1 Å². The van der Waals surface area contributed by atoms with Gasteiger partial charge in [0.1, 0.15) is 0 Å². The van der Waals surface area contributed by atoms with Crippen molar-refractivity contribution in [3.8, 4) is 0 Å². The molecule has 0 bridgehead atoms. The number of allylic oxidation sites excluding steroid dienone is 4. The van der Waals surface area contributed by atoms with E-state index < -0.39 is 0 Å². The topological polar surface area (TPSA) is 6.48 Å². The largest absolute Gasteiger partial charge is 0.311 e. The van der Waals surface area contributed by atoms with Gasteiger partial charge in [-0.2, -0.15) is 0 Å². The molecule has 0 spiro atoms. The molecule has 0 amide bonds. The third-order valence-electron chi connectivity index (χ3n) is 12.3. The van der Waals surface area contributed by atoms with Crippen molar-refractivity contribution < 1.29 is 0 Å². The van der Waals surface area contributed by atoms with Crippen LogP contribution in [-0.2, 0) is 0 Å². The summed E-state index contributed by atoms with van der Waals surface area (Å²) in [7, 11) is 0. The predicted molar refractivity (Wildman–Crippen MR) is 269 cm³/mol. The van der Waals surface area contributed by atoms with Gasteiger partial charge in [0.2, 0.25) is 0 Å². The van der Waals surface area contributed by atoms with Crippen LogP contribution in [-0.4, -0.2) is 0 Å². The summed E-state index contributed by atoms with van der Waals surface area (Å²) in [6, 6.07) is 87.9. The molecule has 1 aliphatic rings. The van der Waals surface area contributed by atoms with Crippen molar-refractivity contribution in [3.05, 3.63) is 277 Å². The third kappa shape index (κ3) is 7.54. The molecule has 3 heteroatoms. The van der Waals surface area contributed by atoms with Gasteiger partial charge in [-0.1, -0.05) is 176 Å². The maximum Gasteiger partial charge on any atom is 0.0476 e. The summed E-state index contributed by atoms with van der Waals surface area (Å²) in [6.07, 6.45) is 5.05. The zero-order valence-corrected chi connectivity index (χ0v) is 35.5. The smallest absolute Gasteiger partial charge is 0.0476 e. The van der Waals surface area contributed by atoms with Gasteiger partial charge in [0.05, 0.1) is 0 Å². The molecule has 1 aromatic heterocycles. The second-order valence-electron chi connectivity index (χ2n) is 16.1. The Kier molecular flexibility index (Phi) is 10.3. The van der Waals surface area contributed by atoms with E-state index in [2.05, 4.69) is 265 Å². The Hall–Kier alpha value is -7.72. The first kappa shape index (κ1) is 38.2. The maximum atomic E-state index is 2.52. The highest BCUT2D eigenvalue weighted by atomic mass is 32.1. The number of rotatable bonds is 10. The number of nitrogens with zero attached hydrogens (tertiary/aromatic N) is 2. The van der Waals surface area contributed by atoms with Gasteiger partial charge >= 0.3 is 0 Å². The summed E-state index contributed by atoms with van der Waals surface area (Å²) in [4.78, 5) is 4.70. The Morgan fingerprint density at radius 2 is 0.667 bits per heavy atom. The van der Waals surface area contributed by atoms with Gasteiger partial charge in [-0.25, -0.2) is 0 Å². The van der Waals surface area contributed by atoms with Crippen molar-refractivity contribution >= 4 is 76.8 Å². The van der Waals surface area contributed by atoms with E-state index in [1.54, 1.807) is 0 Å². The molecule has 0 saturated heterocycles. The Morgan fingerprint density at radius 3 is 1.22 bits per heavy atom. The first-order valence-electron chi connectivity index (χ1n) is 21.7. The number of thiophene rings is 1. The summed E-state index contributed by atoms with van der Waals surface area (Å²) in [5.41, 5.74) is 14.2. The molecular weight excluding hydrogens is 781 g/mol. The number of para-hydroxylation sites is 3. The molecule has 0 aliphatic heterocycles. The second kappa shape index (κ2) is 17.0. The van der Waals surface area contributed by atoms with Gasteiger partial charge in [0, 0.05) is 66.1 Å². The Balaban J connectivity index is 0.994. The maximum absolute atomic E-state index is 2.52. The van der Waals surface area contributed by atoms with Crippen LogP contribution in [0.3, 0.4) is 0 Å². The minimum atomic E-state index is 0.103. The van der Waals surface area contributed by atoms with E-state index in [4.69, 9.17) is 0 Å². The quantitative estimate of drug-likeness (QED) is 0.136. The summed E-state index contributed by atoms with van der Waals surface area (Å²) >= 11 is 1.86. The molecule has 11 rings (SSSR count). The van der Waals surface area contributed by atoms with E-state index in [1.165, 1.54) is 53.6 Å². The standard InChI is InChI=1S/C60H44N2S/c1-6-18-43(19-7-1)55-42-58(46-32-36-51(37-33-46)62(49-26-14-5-15-27-49)52-38-39-54-53-28-16-17-29-59(53)63-60(54)40-52)56(44-20-8-2-9-21-44)41-57(55)45-30-34-50(35-31-45)61(47-22-10-3-11-23-47)48-24-12-4-13-25-48/h1-42,56,58H. The average molecular weight is 825 g/mol. The zero-order chi connectivity index (χ0) is 42.0. The molecular formula is C60H44N2S. The first-order valence-corrected chi connectivity index (χ1v) is 22.5. The third-order valence-corrected chi connectivity index (χ3v) is 13.4. The molecule has 0 radical (unpaired) electrons. The molecule has 2 unspecified atom stereocenters. The van der Waals surface area contributed by atoms with E-state index in [0.717, 1.165) is 34.1 Å². The summed E-state index contributed by atoms with van der Waals surface area (Å²) in [5.74, 6) is 0.219. The summed E-state index contributed by atoms with van der Waals surface area (Å²) in [6.45, 7) is 0. The Bertz CT molecular complexity index is 3150. The molecule has 10 aromatic rings. The van der Waals surface area contributed by atoms with Crippen LogP contribution in [0.25, 0.3) is 31.3 Å². The van der Waals surface area contributed by atoms with Gasteiger partial charge in [-0.15, -0.1) is 11.3 Å². The van der Waals surface area contributed by atoms with E-state index >= 15 is 0 Å². The number of anilines is 6. The molecule has 0 saturated carbocycles. The van der Waals surface area contributed by atoms with Gasteiger partial charge in [-0.3, -0.25) is 0 Å². The second-order valence-corrected chi connectivity index (χ2v) is 17.2. The van der Waals surface area contributed by atoms with Crippen LogP contribution in [0.5, 0.6) is 0 Å². The van der Waals surface area contributed by atoms with Crippen LogP contribution >= 0.6 is 11.3 Å². The number of benzene rings is 9. The van der Waals surface area contributed by atoms with Crippen molar-refractivity contribution in [2.75, 3.05) is 9.80 Å². The minimum Gasteiger partial charge on any atom is -0.311 e. The number of fused-ring (bicyclic) bond motifs is 3. The SMILES string of the molecule is C1=C(c2ccccc2)C(c2ccc(N(c3ccccc3)c3ccccc3)cc2)=CC(c2ccccc2)C1c1ccc(N(c2ccccc2)c2ccc3c(c2)sc2ccccc23)cc1. The first-order chi connectivity index (χ1) is 31.2. The van der Waals surface area contributed by atoms with Gasteiger partial charge < -0.3 is 9.80 Å². The highest BCUT2D eigenvalue weighted by Gasteiger charge is 2.29.